The Hall–Kier alpha value is -5.50. The monoisotopic (exact) mass is 764 g/mol. The number of anilines is 2. The van der Waals surface area contributed by atoms with Crippen molar-refractivity contribution in [1.82, 2.24) is 0 Å². The molecular formula is C49H52N2O6. The minimum Gasteiger partial charge on any atom is -0.454 e. The number of carbonyl (C=O) groups excluding carboxylic acids is 2. The summed E-state index contributed by atoms with van der Waals surface area (Å²) >= 11 is 0. The fourth-order valence-electron chi connectivity index (χ4n) is 8.80. The Bertz CT molecular complexity index is 2400. The number of hydrogen-bond acceptors (Lipinski definition) is 6. The van der Waals surface area contributed by atoms with Crippen LogP contribution in [-0.2, 0) is 33.3 Å². The molecule has 4 aromatic carbocycles. The van der Waals surface area contributed by atoms with E-state index < -0.39 is 10.8 Å². The van der Waals surface area contributed by atoms with E-state index in [0.717, 1.165) is 84.0 Å². The van der Waals surface area contributed by atoms with Gasteiger partial charge in [-0.2, -0.15) is 0 Å². The molecule has 0 bridgehead atoms. The predicted octanol–water partition coefficient (Wildman–Crippen LogP) is 10.5. The molecule has 2 N–H and O–H groups in total. The fourth-order valence-corrected chi connectivity index (χ4v) is 8.80. The highest BCUT2D eigenvalue weighted by Crippen LogP contribution is 2.53. The summed E-state index contributed by atoms with van der Waals surface area (Å²) in [5, 5.41) is 6.34. The summed E-state index contributed by atoms with van der Waals surface area (Å²) in [5.41, 5.74) is 12.6. The van der Waals surface area contributed by atoms with Crippen LogP contribution in [0.4, 0.5) is 11.4 Å². The summed E-state index contributed by atoms with van der Waals surface area (Å²) in [6.45, 7) is 16.2. The Balaban J connectivity index is 0.000000148. The molecule has 6 aliphatic rings. The van der Waals surface area contributed by atoms with Gasteiger partial charge in [-0.3, -0.25) is 9.59 Å². The van der Waals surface area contributed by atoms with E-state index in [2.05, 4.69) is 89.4 Å². The molecular weight excluding hydrogens is 713 g/mol. The van der Waals surface area contributed by atoms with Crippen LogP contribution in [-0.4, -0.2) is 25.4 Å². The molecule has 2 saturated carbocycles. The van der Waals surface area contributed by atoms with Gasteiger partial charge in [0.05, 0.1) is 10.8 Å². The lowest BCUT2D eigenvalue weighted by atomic mass is 9.83. The van der Waals surface area contributed by atoms with Gasteiger partial charge in [0.25, 0.3) is 0 Å². The van der Waals surface area contributed by atoms with Crippen LogP contribution in [0.1, 0.15) is 108 Å². The third kappa shape index (κ3) is 6.77. The predicted molar refractivity (Wildman–Crippen MR) is 224 cm³/mol. The van der Waals surface area contributed by atoms with Gasteiger partial charge in [-0.15, -0.1) is 0 Å². The number of amides is 2. The Morgan fingerprint density at radius 2 is 1.09 bits per heavy atom. The number of hydrogen-bond donors (Lipinski definition) is 2. The maximum absolute atomic E-state index is 13.2. The zero-order chi connectivity index (χ0) is 39.9. The lowest BCUT2D eigenvalue weighted by Gasteiger charge is -2.21. The van der Waals surface area contributed by atoms with Gasteiger partial charge in [0.15, 0.2) is 23.0 Å². The molecule has 294 valence electrons. The van der Waals surface area contributed by atoms with E-state index in [1.165, 1.54) is 39.0 Å². The first-order valence-corrected chi connectivity index (χ1v) is 20.2. The molecule has 2 heterocycles. The fraction of sp³-hybridized carbons (Fsp3) is 0.388. The Labute approximate surface area is 335 Å². The van der Waals surface area contributed by atoms with E-state index in [1.807, 2.05) is 48.5 Å². The highest BCUT2D eigenvalue weighted by Gasteiger charge is 2.52. The zero-order valence-electron chi connectivity index (χ0n) is 34.1. The first-order chi connectivity index (χ1) is 27.1. The smallest absolute Gasteiger partial charge is 0.235 e. The van der Waals surface area contributed by atoms with E-state index in [4.69, 9.17) is 18.9 Å². The van der Waals surface area contributed by atoms with E-state index >= 15 is 0 Å². The minimum atomic E-state index is -0.457. The van der Waals surface area contributed by atoms with Crippen molar-refractivity contribution in [2.45, 2.75) is 97.8 Å². The van der Waals surface area contributed by atoms with Crippen LogP contribution in [0.2, 0.25) is 0 Å². The molecule has 4 aliphatic carbocycles. The number of nitrogens with one attached hydrogen (secondary N) is 2. The third-order valence-electron chi connectivity index (χ3n) is 12.8. The molecule has 57 heavy (non-hydrogen) atoms. The van der Waals surface area contributed by atoms with E-state index in [9.17, 15) is 9.59 Å². The van der Waals surface area contributed by atoms with Crippen molar-refractivity contribution < 1.29 is 28.5 Å². The molecule has 8 heteroatoms. The van der Waals surface area contributed by atoms with Crippen LogP contribution >= 0.6 is 0 Å². The minimum absolute atomic E-state index is 0.0596. The molecule has 2 amide bonds. The van der Waals surface area contributed by atoms with Crippen molar-refractivity contribution in [3.05, 3.63) is 117 Å². The highest BCUT2D eigenvalue weighted by molar-refractivity contribution is 6.02. The van der Waals surface area contributed by atoms with Crippen molar-refractivity contribution >= 4 is 34.8 Å². The molecule has 0 unspecified atom stereocenters. The number of benzene rings is 4. The van der Waals surface area contributed by atoms with Crippen molar-refractivity contribution in [3.63, 3.8) is 0 Å². The second-order valence-corrected chi connectivity index (χ2v) is 18.6. The summed E-state index contributed by atoms with van der Waals surface area (Å²) < 4.78 is 21.8. The lowest BCUT2D eigenvalue weighted by molar-refractivity contribution is -0.119. The first-order valence-electron chi connectivity index (χ1n) is 20.2. The molecule has 2 fully saturated rings. The van der Waals surface area contributed by atoms with Gasteiger partial charge in [0.2, 0.25) is 25.4 Å². The lowest BCUT2D eigenvalue weighted by Crippen LogP contribution is -2.27. The number of allylic oxidation sites excluding steroid dienone is 3. The van der Waals surface area contributed by atoms with Crippen LogP contribution in [0.25, 0.3) is 11.6 Å². The van der Waals surface area contributed by atoms with Crippen LogP contribution in [0.3, 0.4) is 0 Å². The van der Waals surface area contributed by atoms with Gasteiger partial charge in [-0.1, -0.05) is 83.0 Å². The van der Waals surface area contributed by atoms with Crippen LogP contribution < -0.4 is 29.6 Å². The Morgan fingerprint density at radius 3 is 1.60 bits per heavy atom. The van der Waals surface area contributed by atoms with Crippen LogP contribution in [0.15, 0.2) is 83.9 Å². The SMILES string of the molecule is CC(C)(C)C1=Cc2cc(NC(=O)C3(c4ccc5c(c4)OCO5)CC3)ccc2C1.CC1=C(C(C)(C)C)Cc2ccc(NC(=O)C3(c4ccc5c(c4)OCO5)CC3)cc21. The maximum atomic E-state index is 13.2. The molecule has 0 atom stereocenters. The number of fused-ring (bicyclic) bond motifs is 4. The maximum Gasteiger partial charge on any atom is 0.235 e. The molecule has 0 saturated heterocycles. The molecule has 0 aromatic heterocycles. The molecule has 0 radical (unpaired) electrons. The second-order valence-electron chi connectivity index (χ2n) is 18.6. The van der Waals surface area contributed by atoms with Gasteiger partial charge >= 0.3 is 0 Å². The number of rotatable bonds is 6. The summed E-state index contributed by atoms with van der Waals surface area (Å²) in [6, 6.07) is 24.3. The standard InChI is InChI=1S/C25H27NO3.C24H25NO3/c1-15-19-13-18(7-5-16(19)11-20(15)24(2,3)4)26-23(27)25(9-10-25)17-6-8-21-22(12-17)29-14-28-21;1-23(2,3)18-10-15-4-6-19(12-16(15)11-18)25-22(26)24(8-9-24)17-5-7-20-21(13-17)28-14-27-20/h5-8,12-13H,9-11,14H2,1-4H3,(H,26,27);4-7,11-13H,8-10,14H2,1-3H3,(H,25,26). The molecule has 10 rings (SSSR count). The van der Waals surface area contributed by atoms with Gasteiger partial charge < -0.3 is 29.6 Å². The average Bonchev–Trinajstić information content (AvgIpc) is 3.91. The summed E-state index contributed by atoms with van der Waals surface area (Å²) in [7, 11) is 0. The largest absolute Gasteiger partial charge is 0.454 e. The Morgan fingerprint density at radius 1 is 0.579 bits per heavy atom. The second kappa shape index (κ2) is 13.3. The topological polar surface area (TPSA) is 95.1 Å². The molecule has 4 aromatic rings. The van der Waals surface area contributed by atoms with Crippen LogP contribution in [0, 0.1) is 10.8 Å². The van der Waals surface area contributed by atoms with Gasteiger partial charge in [-0.25, -0.2) is 0 Å². The van der Waals surface area contributed by atoms with Gasteiger partial charge in [0, 0.05) is 11.4 Å². The van der Waals surface area contributed by atoms with E-state index in [0.29, 0.717) is 0 Å². The molecule has 0 spiro atoms. The van der Waals surface area contributed by atoms with E-state index in [-0.39, 0.29) is 36.2 Å². The van der Waals surface area contributed by atoms with Crippen molar-refractivity contribution in [2.75, 3.05) is 24.2 Å². The average molecular weight is 765 g/mol. The number of carbonyl (C=O) groups is 2. The third-order valence-corrected chi connectivity index (χ3v) is 12.8. The van der Waals surface area contributed by atoms with Crippen LogP contribution in [0.5, 0.6) is 23.0 Å². The summed E-state index contributed by atoms with van der Waals surface area (Å²) in [4.78, 5) is 26.3. The van der Waals surface area contributed by atoms with Gasteiger partial charge in [-0.05, 0) is 144 Å². The zero-order valence-corrected chi connectivity index (χ0v) is 34.1. The Kier molecular flexibility index (Phi) is 8.65. The molecule has 8 nitrogen and oxygen atoms in total. The normalized spacial score (nSPS) is 18.5. The van der Waals surface area contributed by atoms with E-state index in [1.54, 1.807) is 0 Å². The number of ether oxygens (including phenoxy) is 4. The van der Waals surface area contributed by atoms with Crippen molar-refractivity contribution in [2.24, 2.45) is 10.8 Å². The summed E-state index contributed by atoms with van der Waals surface area (Å²) in [6.07, 6.45) is 7.70. The highest BCUT2D eigenvalue weighted by atomic mass is 16.7. The quantitative estimate of drug-likeness (QED) is 0.203. The first kappa shape index (κ1) is 37.1. The molecule has 2 aliphatic heterocycles. The van der Waals surface area contributed by atoms with Gasteiger partial charge in [0.1, 0.15) is 0 Å². The summed E-state index contributed by atoms with van der Waals surface area (Å²) in [5.74, 6) is 3.08. The van der Waals surface area contributed by atoms with Crippen molar-refractivity contribution in [3.8, 4) is 23.0 Å². The van der Waals surface area contributed by atoms with Crippen molar-refractivity contribution in [1.29, 1.82) is 0 Å².